The van der Waals surface area contributed by atoms with Crippen LogP contribution in [0.4, 0.5) is 0 Å². The SMILES string of the molecule is CC#CC[C@@H](C)[C@H](O)C=C[C@@H]1[C@H]2c3cccc(CCCC)c3O[C@H]2C[C@H]1O.CCNCC. The first-order valence-electron chi connectivity index (χ1n) is 12.4. The van der Waals surface area contributed by atoms with Gasteiger partial charge >= 0.3 is 0 Å². The smallest absolute Gasteiger partial charge is 0.126 e. The quantitative estimate of drug-likeness (QED) is 0.379. The van der Waals surface area contributed by atoms with E-state index in [0.29, 0.717) is 12.8 Å². The van der Waals surface area contributed by atoms with Crippen LogP contribution < -0.4 is 10.1 Å². The van der Waals surface area contributed by atoms with Gasteiger partial charge in [0.05, 0.1) is 12.2 Å². The summed E-state index contributed by atoms with van der Waals surface area (Å²) in [6.45, 7) is 12.4. The minimum absolute atomic E-state index is 0.0169. The van der Waals surface area contributed by atoms with Gasteiger partial charge in [-0.2, -0.15) is 0 Å². The van der Waals surface area contributed by atoms with Gasteiger partial charge in [-0.3, -0.25) is 0 Å². The number of benzene rings is 1. The number of unbranched alkanes of at least 4 members (excludes halogenated alkanes) is 1. The van der Waals surface area contributed by atoms with E-state index in [1.807, 2.05) is 26.0 Å². The molecule has 0 bridgehead atoms. The van der Waals surface area contributed by atoms with Crippen molar-refractivity contribution in [3.63, 3.8) is 0 Å². The fraction of sp³-hybridized carbons (Fsp3) is 0.643. The summed E-state index contributed by atoms with van der Waals surface area (Å²) in [6, 6.07) is 6.42. The molecule has 2 aliphatic rings. The Morgan fingerprint density at radius 3 is 2.62 bits per heavy atom. The van der Waals surface area contributed by atoms with Crippen LogP contribution in [0.3, 0.4) is 0 Å². The highest BCUT2D eigenvalue weighted by atomic mass is 16.5. The third kappa shape index (κ3) is 6.85. The second kappa shape index (κ2) is 13.7. The number of nitrogens with one attached hydrogen (secondary N) is 1. The van der Waals surface area contributed by atoms with Gasteiger partial charge in [-0.05, 0) is 44.3 Å². The molecule has 1 aliphatic carbocycles. The largest absolute Gasteiger partial charge is 0.489 e. The number of hydrogen-bond acceptors (Lipinski definition) is 4. The van der Waals surface area contributed by atoms with E-state index in [2.05, 4.69) is 56.1 Å². The molecule has 0 saturated heterocycles. The first-order chi connectivity index (χ1) is 15.5. The summed E-state index contributed by atoms with van der Waals surface area (Å²) >= 11 is 0. The number of aryl methyl sites for hydroxylation is 1. The average molecular weight is 442 g/mol. The Morgan fingerprint density at radius 2 is 2.00 bits per heavy atom. The molecule has 1 fully saturated rings. The van der Waals surface area contributed by atoms with E-state index in [-0.39, 0.29) is 23.9 Å². The molecule has 178 valence electrons. The van der Waals surface area contributed by atoms with Gasteiger partial charge in [0.25, 0.3) is 0 Å². The van der Waals surface area contributed by atoms with Crippen molar-refractivity contribution in [1.29, 1.82) is 0 Å². The lowest BCUT2D eigenvalue weighted by Gasteiger charge is -2.19. The van der Waals surface area contributed by atoms with Crippen LogP contribution in [-0.4, -0.2) is 41.6 Å². The summed E-state index contributed by atoms with van der Waals surface area (Å²) < 4.78 is 6.29. The molecular weight excluding hydrogens is 398 g/mol. The molecule has 6 atom stereocenters. The first kappa shape index (κ1) is 26.5. The van der Waals surface area contributed by atoms with Gasteiger partial charge in [-0.25, -0.2) is 0 Å². The molecule has 32 heavy (non-hydrogen) atoms. The first-order valence-corrected chi connectivity index (χ1v) is 12.4. The molecule has 1 saturated carbocycles. The van der Waals surface area contributed by atoms with E-state index in [4.69, 9.17) is 4.74 Å². The number of aliphatic hydroxyl groups excluding tert-OH is 2. The summed E-state index contributed by atoms with van der Waals surface area (Å²) in [7, 11) is 0. The summed E-state index contributed by atoms with van der Waals surface area (Å²) in [4.78, 5) is 0. The predicted molar refractivity (Wildman–Crippen MR) is 133 cm³/mol. The van der Waals surface area contributed by atoms with Crippen LogP contribution in [0, 0.1) is 23.7 Å². The molecule has 3 N–H and O–H groups in total. The lowest BCUT2D eigenvalue weighted by atomic mass is 9.86. The van der Waals surface area contributed by atoms with Crippen molar-refractivity contribution in [2.45, 2.75) is 91.0 Å². The van der Waals surface area contributed by atoms with Crippen molar-refractivity contribution in [3.8, 4) is 17.6 Å². The van der Waals surface area contributed by atoms with Crippen LogP contribution in [0.2, 0.25) is 0 Å². The van der Waals surface area contributed by atoms with Crippen molar-refractivity contribution in [1.82, 2.24) is 5.32 Å². The van der Waals surface area contributed by atoms with Gasteiger partial charge in [0.1, 0.15) is 11.9 Å². The molecule has 4 nitrogen and oxygen atoms in total. The molecule has 0 unspecified atom stereocenters. The van der Waals surface area contributed by atoms with Crippen molar-refractivity contribution >= 4 is 0 Å². The van der Waals surface area contributed by atoms with Crippen LogP contribution >= 0.6 is 0 Å². The maximum absolute atomic E-state index is 10.6. The highest BCUT2D eigenvalue weighted by Gasteiger charge is 2.48. The number of para-hydroxylation sites is 1. The molecule has 1 aliphatic heterocycles. The lowest BCUT2D eigenvalue weighted by Crippen LogP contribution is -2.19. The van der Waals surface area contributed by atoms with Gasteiger partial charge < -0.3 is 20.3 Å². The van der Waals surface area contributed by atoms with Crippen molar-refractivity contribution in [2.75, 3.05) is 13.1 Å². The molecule has 1 aromatic carbocycles. The Kier molecular flexibility index (Phi) is 11.3. The number of aliphatic hydroxyl groups is 2. The van der Waals surface area contributed by atoms with Crippen molar-refractivity contribution < 1.29 is 14.9 Å². The van der Waals surface area contributed by atoms with Crippen LogP contribution in [0.15, 0.2) is 30.4 Å². The van der Waals surface area contributed by atoms with E-state index in [0.717, 1.165) is 31.7 Å². The average Bonchev–Trinajstić information content (AvgIpc) is 3.30. The maximum Gasteiger partial charge on any atom is 0.126 e. The van der Waals surface area contributed by atoms with Gasteiger partial charge in [-0.15, -0.1) is 11.8 Å². The topological polar surface area (TPSA) is 61.7 Å². The third-order valence-electron chi connectivity index (χ3n) is 6.50. The molecule has 1 heterocycles. The van der Waals surface area contributed by atoms with Crippen LogP contribution in [0.25, 0.3) is 0 Å². The summed E-state index contributed by atoms with van der Waals surface area (Å²) in [5, 5.41) is 24.1. The maximum atomic E-state index is 10.6. The van der Waals surface area contributed by atoms with E-state index >= 15 is 0 Å². The van der Waals surface area contributed by atoms with Crippen LogP contribution in [0.1, 0.15) is 77.3 Å². The predicted octanol–water partition coefficient (Wildman–Crippen LogP) is 4.84. The molecule has 0 radical (unpaired) electrons. The van der Waals surface area contributed by atoms with Gasteiger partial charge in [-0.1, -0.05) is 64.5 Å². The fourth-order valence-corrected chi connectivity index (χ4v) is 4.60. The highest BCUT2D eigenvalue weighted by molar-refractivity contribution is 5.49. The molecular formula is C28H43NO3. The Hall–Kier alpha value is -1.80. The van der Waals surface area contributed by atoms with E-state index < -0.39 is 12.2 Å². The zero-order chi connectivity index (χ0) is 23.5. The third-order valence-corrected chi connectivity index (χ3v) is 6.50. The van der Waals surface area contributed by atoms with Gasteiger partial charge in [0.15, 0.2) is 0 Å². The second-order valence-corrected chi connectivity index (χ2v) is 8.94. The minimum Gasteiger partial charge on any atom is -0.489 e. The minimum atomic E-state index is -0.546. The summed E-state index contributed by atoms with van der Waals surface area (Å²) in [6.07, 6.45) is 7.60. The Labute approximate surface area is 195 Å². The van der Waals surface area contributed by atoms with Crippen LogP contribution in [-0.2, 0) is 6.42 Å². The molecule has 0 amide bonds. The van der Waals surface area contributed by atoms with Crippen molar-refractivity contribution in [2.24, 2.45) is 11.8 Å². The van der Waals surface area contributed by atoms with E-state index in [1.54, 1.807) is 0 Å². The van der Waals surface area contributed by atoms with Crippen LogP contribution in [0.5, 0.6) is 5.75 Å². The number of fused-ring (bicyclic) bond motifs is 3. The normalized spacial score (nSPS) is 25.1. The Morgan fingerprint density at radius 1 is 1.25 bits per heavy atom. The zero-order valence-electron chi connectivity index (χ0n) is 20.6. The monoisotopic (exact) mass is 441 g/mol. The molecule has 3 rings (SSSR count). The standard InChI is InChI=1S/C24H32O3.C4H11N/c1-4-6-9-16(3)20(25)14-13-18-21(26)15-22-23(18)19-12-8-11-17(10-7-5-2)24(19)27-22;1-3-5-4-2/h8,11-14,16,18,20-23,25-26H,5,7,9-10,15H2,1-3H3;5H,3-4H2,1-2H3/t16-,18+,20-,21-,22+,23+;/m1./s1. The second-order valence-electron chi connectivity index (χ2n) is 8.94. The summed E-state index contributed by atoms with van der Waals surface area (Å²) in [5.41, 5.74) is 2.51. The van der Waals surface area contributed by atoms with Crippen molar-refractivity contribution in [3.05, 3.63) is 41.5 Å². The van der Waals surface area contributed by atoms with Gasteiger partial charge in [0, 0.05) is 30.2 Å². The summed E-state index contributed by atoms with van der Waals surface area (Å²) in [5.74, 6) is 7.18. The number of ether oxygens (including phenoxy) is 1. The number of rotatable bonds is 9. The Bertz CT molecular complexity index is 777. The van der Waals surface area contributed by atoms with E-state index in [1.165, 1.54) is 17.5 Å². The molecule has 1 aromatic rings. The van der Waals surface area contributed by atoms with E-state index in [9.17, 15) is 10.2 Å². The van der Waals surface area contributed by atoms with Gasteiger partial charge in [0.2, 0.25) is 0 Å². The molecule has 0 aromatic heterocycles. The molecule has 4 heteroatoms. The molecule has 0 spiro atoms. The zero-order valence-corrected chi connectivity index (χ0v) is 20.6. The Balaban J connectivity index is 0.000000654. The number of hydrogen-bond donors (Lipinski definition) is 3. The highest BCUT2D eigenvalue weighted by Crippen LogP contribution is 2.52. The lowest BCUT2D eigenvalue weighted by molar-refractivity contribution is 0.134. The fourth-order valence-electron chi connectivity index (χ4n) is 4.60.